The molecule has 5 nitrogen and oxygen atoms in total. The average molecular weight is 214 g/mol. The smallest absolute Gasteiger partial charge is 0.323 e. The summed E-state index contributed by atoms with van der Waals surface area (Å²) < 4.78 is 4.91. The largest absolute Gasteiger partial charge is 0.465 e. The number of nitrogens with two attached hydrogens (primary N) is 1. The zero-order valence-electron chi connectivity index (χ0n) is 9.23. The van der Waals surface area contributed by atoms with E-state index in [1.54, 1.807) is 13.8 Å². The Morgan fingerprint density at radius 3 is 2.80 bits per heavy atom. The molecular formula is C10H18N2O3. The molecular weight excluding hydrogens is 196 g/mol. The van der Waals surface area contributed by atoms with Crippen LogP contribution in [0, 0.1) is 0 Å². The zero-order valence-corrected chi connectivity index (χ0v) is 9.23. The molecule has 2 atom stereocenters. The molecule has 15 heavy (non-hydrogen) atoms. The third-order valence-electron chi connectivity index (χ3n) is 2.75. The van der Waals surface area contributed by atoms with E-state index in [4.69, 9.17) is 10.5 Å². The Labute approximate surface area is 89.6 Å². The van der Waals surface area contributed by atoms with Crippen molar-refractivity contribution in [1.82, 2.24) is 4.90 Å². The minimum Gasteiger partial charge on any atom is -0.465 e. The van der Waals surface area contributed by atoms with Crippen molar-refractivity contribution >= 4 is 11.9 Å². The molecule has 0 radical (unpaired) electrons. The fourth-order valence-electron chi connectivity index (χ4n) is 1.96. The van der Waals surface area contributed by atoms with E-state index >= 15 is 0 Å². The molecule has 1 rings (SSSR count). The molecule has 1 aliphatic heterocycles. The van der Waals surface area contributed by atoms with Gasteiger partial charge in [-0.05, 0) is 33.2 Å². The minimum absolute atomic E-state index is 0.286. The molecule has 1 fully saturated rings. The number of ether oxygens (including phenoxy) is 1. The van der Waals surface area contributed by atoms with Crippen LogP contribution in [-0.4, -0.2) is 42.0 Å². The van der Waals surface area contributed by atoms with Gasteiger partial charge in [-0.15, -0.1) is 0 Å². The van der Waals surface area contributed by atoms with Crippen molar-refractivity contribution in [2.45, 2.75) is 38.8 Å². The number of rotatable bonds is 4. The van der Waals surface area contributed by atoms with E-state index in [1.807, 2.05) is 4.90 Å². The second-order valence-electron chi connectivity index (χ2n) is 3.73. The van der Waals surface area contributed by atoms with Crippen LogP contribution in [0.2, 0.25) is 0 Å². The molecule has 86 valence electrons. The maximum atomic E-state index is 11.5. The van der Waals surface area contributed by atoms with Crippen LogP contribution in [-0.2, 0) is 14.3 Å². The first kappa shape index (κ1) is 12.0. The Morgan fingerprint density at radius 2 is 2.27 bits per heavy atom. The van der Waals surface area contributed by atoms with Gasteiger partial charge in [0.05, 0.1) is 12.6 Å². The number of likely N-dealkylation sites (tertiary alicyclic amines) is 1. The van der Waals surface area contributed by atoms with E-state index in [-0.39, 0.29) is 24.0 Å². The van der Waals surface area contributed by atoms with Gasteiger partial charge >= 0.3 is 5.97 Å². The summed E-state index contributed by atoms with van der Waals surface area (Å²) in [6, 6.07) is -0.700. The predicted molar refractivity (Wildman–Crippen MR) is 55.0 cm³/mol. The van der Waals surface area contributed by atoms with Crippen molar-refractivity contribution in [3.8, 4) is 0 Å². The maximum absolute atomic E-state index is 11.5. The molecule has 0 aromatic heterocycles. The molecule has 0 aromatic rings. The SMILES string of the molecule is CCOC(=O)C(C)N1CCCC1C(N)=O. The van der Waals surface area contributed by atoms with Crippen molar-refractivity contribution in [2.24, 2.45) is 5.73 Å². The molecule has 0 bridgehead atoms. The van der Waals surface area contributed by atoms with Gasteiger partial charge in [-0.3, -0.25) is 14.5 Å². The molecule has 1 amide bonds. The summed E-state index contributed by atoms with van der Waals surface area (Å²) >= 11 is 0. The summed E-state index contributed by atoms with van der Waals surface area (Å²) in [6.07, 6.45) is 1.64. The number of hydrogen-bond acceptors (Lipinski definition) is 4. The van der Waals surface area contributed by atoms with Gasteiger partial charge in [-0.25, -0.2) is 0 Å². The van der Waals surface area contributed by atoms with Gasteiger partial charge in [0.15, 0.2) is 0 Å². The molecule has 0 aromatic carbocycles. The number of amides is 1. The number of esters is 1. The Balaban J connectivity index is 2.61. The van der Waals surface area contributed by atoms with Crippen LogP contribution in [0.3, 0.4) is 0 Å². The molecule has 2 unspecified atom stereocenters. The first-order valence-electron chi connectivity index (χ1n) is 5.29. The summed E-state index contributed by atoms with van der Waals surface area (Å²) in [4.78, 5) is 24.4. The molecule has 1 aliphatic rings. The summed E-state index contributed by atoms with van der Waals surface area (Å²) in [6.45, 7) is 4.60. The van der Waals surface area contributed by atoms with E-state index in [2.05, 4.69) is 0 Å². The summed E-state index contributed by atoms with van der Waals surface area (Å²) in [5.41, 5.74) is 5.27. The first-order chi connectivity index (χ1) is 7.07. The Kier molecular flexibility index (Phi) is 4.08. The molecule has 0 aliphatic carbocycles. The van der Waals surface area contributed by atoms with E-state index in [9.17, 15) is 9.59 Å². The van der Waals surface area contributed by atoms with Crippen LogP contribution in [0.4, 0.5) is 0 Å². The van der Waals surface area contributed by atoms with E-state index in [1.165, 1.54) is 0 Å². The van der Waals surface area contributed by atoms with Gasteiger partial charge in [0.25, 0.3) is 0 Å². The highest BCUT2D eigenvalue weighted by molar-refractivity contribution is 5.82. The predicted octanol–water partition coefficient (Wildman–Crippen LogP) is -0.112. The summed E-state index contributed by atoms with van der Waals surface area (Å²) in [7, 11) is 0. The van der Waals surface area contributed by atoms with Crippen LogP contribution in [0.25, 0.3) is 0 Å². The van der Waals surface area contributed by atoms with Gasteiger partial charge in [0, 0.05) is 0 Å². The second-order valence-corrected chi connectivity index (χ2v) is 3.73. The average Bonchev–Trinajstić information content (AvgIpc) is 2.65. The van der Waals surface area contributed by atoms with Crippen LogP contribution in [0.15, 0.2) is 0 Å². The zero-order chi connectivity index (χ0) is 11.4. The summed E-state index contributed by atoms with van der Waals surface area (Å²) in [5, 5.41) is 0. The van der Waals surface area contributed by atoms with Crippen LogP contribution in [0.1, 0.15) is 26.7 Å². The third kappa shape index (κ3) is 2.68. The topological polar surface area (TPSA) is 72.6 Å². The quantitative estimate of drug-likeness (QED) is 0.663. The van der Waals surface area contributed by atoms with Crippen molar-refractivity contribution in [1.29, 1.82) is 0 Å². The van der Waals surface area contributed by atoms with E-state index < -0.39 is 0 Å². The number of hydrogen-bond donors (Lipinski definition) is 1. The number of primary amides is 1. The maximum Gasteiger partial charge on any atom is 0.323 e. The molecule has 2 N–H and O–H groups in total. The number of nitrogens with zero attached hydrogens (tertiary/aromatic N) is 1. The van der Waals surface area contributed by atoms with E-state index in [0.717, 1.165) is 19.4 Å². The van der Waals surface area contributed by atoms with Crippen molar-refractivity contribution in [2.75, 3.05) is 13.2 Å². The van der Waals surface area contributed by atoms with Crippen molar-refractivity contribution < 1.29 is 14.3 Å². The highest BCUT2D eigenvalue weighted by Crippen LogP contribution is 2.20. The second kappa shape index (κ2) is 5.11. The Morgan fingerprint density at radius 1 is 1.60 bits per heavy atom. The molecule has 1 saturated heterocycles. The Hall–Kier alpha value is -1.10. The standard InChI is InChI=1S/C10H18N2O3/c1-3-15-10(14)7(2)12-6-4-5-8(12)9(11)13/h7-8H,3-6H2,1-2H3,(H2,11,13). The summed E-state index contributed by atoms with van der Waals surface area (Å²) in [5.74, 6) is -0.644. The molecule has 1 heterocycles. The first-order valence-corrected chi connectivity index (χ1v) is 5.29. The number of carbonyl (C=O) groups excluding carboxylic acids is 2. The minimum atomic E-state index is -0.384. The highest BCUT2D eigenvalue weighted by Gasteiger charge is 2.35. The lowest BCUT2D eigenvalue weighted by atomic mass is 10.2. The van der Waals surface area contributed by atoms with Crippen molar-refractivity contribution in [3.63, 3.8) is 0 Å². The van der Waals surface area contributed by atoms with Gasteiger partial charge < -0.3 is 10.5 Å². The van der Waals surface area contributed by atoms with Crippen LogP contribution in [0.5, 0.6) is 0 Å². The van der Waals surface area contributed by atoms with Gasteiger partial charge in [0.2, 0.25) is 5.91 Å². The fourth-order valence-corrected chi connectivity index (χ4v) is 1.96. The van der Waals surface area contributed by atoms with E-state index in [0.29, 0.717) is 6.61 Å². The fraction of sp³-hybridized carbons (Fsp3) is 0.800. The van der Waals surface area contributed by atoms with Gasteiger partial charge in [0.1, 0.15) is 6.04 Å². The van der Waals surface area contributed by atoms with Crippen LogP contribution >= 0.6 is 0 Å². The van der Waals surface area contributed by atoms with Crippen molar-refractivity contribution in [3.05, 3.63) is 0 Å². The number of carbonyl (C=O) groups is 2. The Bertz CT molecular complexity index is 255. The lowest BCUT2D eigenvalue weighted by Crippen LogP contribution is -2.48. The van der Waals surface area contributed by atoms with Crippen LogP contribution < -0.4 is 5.73 Å². The lowest BCUT2D eigenvalue weighted by molar-refractivity contribution is -0.149. The van der Waals surface area contributed by atoms with Gasteiger partial charge in [-0.2, -0.15) is 0 Å². The highest BCUT2D eigenvalue weighted by atomic mass is 16.5. The normalized spacial score (nSPS) is 23.7. The lowest BCUT2D eigenvalue weighted by Gasteiger charge is -2.26. The molecule has 0 saturated carbocycles. The van der Waals surface area contributed by atoms with Gasteiger partial charge in [-0.1, -0.05) is 0 Å². The molecule has 5 heteroatoms. The third-order valence-corrected chi connectivity index (χ3v) is 2.75. The monoisotopic (exact) mass is 214 g/mol. The molecule has 0 spiro atoms.